The fourth-order valence-electron chi connectivity index (χ4n) is 6.91. The molecule has 7 aromatic rings. The van der Waals surface area contributed by atoms with Gasteiger partial charge >= 0.3 is 21.1 Å². The van der Waals surface area contributed by atoms with E-state index in [9.17, 15) is 0 Å². The van der Waals surface area contributed by atoms with Crippen LogP contribution in [0.2, 0.25) is 0 Å². The van der Waals surface area contributed by atoms with Crippen LogP contribution in [0, 0.1) is 12.1 Å². The minimum atomic E-state index is 0. The molecule has 0 amide bonds. The van der Waals surface area contributed by atoms with Gasteiger partial charge in [0.25, 0.3) is 0 Å². The quantitative estimate of drug-likeness (QED) is 0.156. The smallest absolute Gasteiger partial charge is 0.347 e. The Morgan fingerprint density at radius 3 is 2.29 bits per heavy atom. The molecule has 1 aliphatic heterocycles. The summed E-state index contributed by atoms with van der Waals surface area (Å²) >= 11 is 1.70. The van der Waals surface area contributed by atoms with Crippen molar-refractivity contribution in [1.82, 2.24) is 9.55 Å². The van der Waals surface area contributed by atoms with E-state index in [-0.39, 0.29) is 26.6 Å². The van der Waals surface area contributed by atoms with Crippen LogP contribution in [0.5, 0.6) is 0 Å². The minimum absolute atomic E-state index is 0. The number of aromatic nitrogens is 2. The molecule has 0 atom stereocenters. The number of benzene rings is 5. The first-order valence-corrected chi connectivity index (χ1v) is 17.4. The zero-order valence-corrected chi connectivity index (χ0v) is 31.4. The van der Waals surface area contributed by atoms with Gasteiger partial charge in [-0.25, -0.2) is 4.98 Å². The molecule has 2 aromatic heterocycles. The molecule has 49 heavy (non-hydrogen) atoms. The first-order chi connectivity index (χ1) is 23.3. The average molecular weight is 838 g/mol. The molecule has 0 N–H and O–H groups in total. The van der Waals surface area contributed by atoms with Gasteiger partial charge in [-0.2, -0.15) is 24.3 Å². The van der Waals surface area contributed by atoms with Gasteiger partial charge in [-0.3, -0.25) is 0 Å². The Bertz CT molecular complexity index is 2300. The van der Waals surface area contributed by atoms with Crippen LogP contribution in [0.15, 0.2) is 131 Å². The number of rotatable bonds is 6. The molecular weight excluding hydrogens is 800 g/mol. The molecule has 0 radical (unpaired) electrons. The van der Waals surface area contributed by atoms with E-state index in [1.807, 2.05) is 6.20 Å². The van der Waals surface area contributed by atoms with Crippen molar-refractivity contribution in [3.8, 4) is 16.9 Å². The third kappa shape index (κ3) is 6.09. The molecule has 1 aliphatic rings. The van der Waals surface area contributed by atoms with Crippen LogP contribution in [-0.4, -0.2) is 21.8 Å². The number of anilines is 3. The predicted molar refractivity (Wildman–Crippen MR) is 202 cm³/mol. The van der Waals surface area contributed by atoms with Crippen molar-refractivity contribution in [1.29, 1.82) is 0 Å². The van der Waals surface area contributed by atoms with E-state index >= 15 is 0 Å². The maximum absolute atomic E-state index is 4.91. The molecule has 3 heterocycles. The van der Waals surface area contributed by atoms with Gasteiger partial charge in [-0.15, -0.1) is 45.1 Å². The molecule has 0 saturated carbocycles. The second-order valence-electron chi connectivity index (χ2n) is 13.7. The van der Waals surface area contributed by atoms with Crippen molar-refractivity contribution in [2.24, 2.45) is 0 Å². The topological polar surface area (TPSA) is 24.3 Å². The van der Waals surface area contributed by atoms with Gasteiger partial charge in [-0.1, -0.05) is 79.6 Å². The van der Waals surface area contributed by atoms with Gasteiger partial charge in [-0.05, 0) is 79.1 Å². The Morgan fingerprint density at radius 1 is 0.735 bits per heavy atom. The molecule has 0 fully saturated rings. The molecule has 0 unspecified atom stereocenters. The zero-order chi connectivity index (χ0) is 33.0. The van der Waals surface area contributed by atoms with E-state index in [4.69, 9.17) is 4.98 Å². The summed E-state index contributed by atoms with van der Waals surface area (Å²) in [5, 5.41) is 2.36. The zero-order valence-electron chi connectivity index (χ0n) is 28.3. The second-order valence-corrected chi connectivity index (χ2v) is 14.8. The SMILES string of the molecule is CC(C)c1ccccc1-c1ccnc(-n2c3[c-]c(Sc4[c-]c(N5CN(C(C)(C)C)c6ccccc65)ccc4)ccc3c3ccccc32)c1.[Pt+2]. The number of hydrogen-bond acceptors (Lipinski definition) is 4. The van der Waals surface area contributed by atoms with Crippen LogP contribution in [0.4, 0.5) is 17.1 Å². The summed E-state index contributed by atoms with van der Waals surface area (Å²) in [6, 6.07) is 48.6. The first-order valence-electron chi connectivity index (χ1n) is 16.6. The van der Waals surface area contributed by atoms with E-state index in [1.54, 1.807) is 11.8 Å². The minimum Gasteiger partial charge on any atom is -0.347 e. The fraction of sp³-hybridized carbons (Fsp3) is 0.186. The van der Waals surface area contributed by atoms with Gasteiger partial charge in [0.15, 0.2) is 0 Å². The monoisotopic (exact) mass is 837 g/mol. The van der Waals surface area contributed by atoms with Crippen molar-refractivity contribution < 1.29 is 21.1 Å². The molecular formula is C43H38N4PtS. The normalized spacial score (nSPS) is 12.9. The van der Waals surface area contributed by atoms with Crippen LogP contribution >= 0.6 is 11.8 Å². The third-order valence-electron chi connectivity index (χ3n) is 9.24. The fourth-order valence-corrected chi connectivity index (χ4v) is 7.73. The van der Waals surface area contributed by atoms with Crippen LogP contribution in [0.1, 0.15) is 46.1 Å². The summed E-state index contributed by atoms with van der Waals surface area (Å²) < 4.78 is 2.26. The summed E-state index contributed by atoms with van der Waals surface area (Å²) in [6.45, 7) is 12.1. The molecule has 6 heteroatoms. The Labute approximate surface area is 308 Å². The van der Waals surface area contributed by atoms with E-state index in [0.29, 0.717) is 5.92 Å². The number of para-hydroxylation sites is 3. The Morgan fingerprint density at radius 2 is 1.47 bits per heavy atom. The summed E-state index contributed by atoms with van der Waals surface area (Å²) in [6.07, 6.45) is 1.93. The Hall–Kier alpha value is -4.31. The number of pyridine rings is 1. The van der Waals surface area contributed by atoms with Crippen molar-refractivity contribution >= 4 is 50.6 Å². The van der Waals surface area contributed by atoms with Crippen molar-refractivity contribution in [3.63, 3.8) is 0 Å². The van der Waals surface area contributed by atoms with Crippen molar-refractivity contribution in [3.05, 3.63) is 139 Å². The number of hydrogen-bond donors (Lipinski definition) is 0. The third-order valence-corrected chi connectivity index (χ3v) is 10.2. The van der Waals surface area contributed by atoms with E-state index in [0.717, 1.165) is 39.0 Å². The first kappa shape index (κ1) is 33.2. The van der Waals surface area contributed by atoms with Crippen molar-refractivity contribution in [2.75, 3.05) is 16.5 Å². The summed E-state index contributed by atoms with van der Waals surface area (Å²) in [7, 11) is 0. The van der Waals surface area contributed by atoms with E-state index in [1.165, 1.54) is 38.8 Å². The summed E-state index contributed by atoms with van der Waals surface area (Å²) in [5.74, 6) is 1.31. The second kappa shape index (κ2) is 13.2. The van der Waals surface area contributed by atoms with Crippen LogP contribution < -0.4 is 9.80 Å². The van der Waals surface area contributed by atoms with Crippen LogP contribution in [0.25, 0.3) is 38.8 Å². The van der Waals surface area contributed by atoms with E-state index in [2.05, 4.69) is 176 Å². The molecule has 0 bridgehead atoms. The molecule has 246 valence electrons. The van der Waals surface area contributed by atoms with Crippen molar-refractivity contribution in [2.45, 2.75) is 55.9 Å². The predicted octanol–water partition coefficient (Wildman–Crippen LogP) is 11.4. The molecule has 5 aromatic carbocycles. The van der Waals surface area contributed by atoms with Gasteiger partial charge in [0.2, 0.25) is 0 Å². The summed E-state index contributed by atoms with van der Waals surface area (Å²) in [4.78, 5) is 11.8. The Balaban J connectivity index is 0.00000378. The molecule has 0 saturated heterocycles. The van der Waals surface area contributed by atoms with Gasteiger partial charge in [0.1, 0.15) is 5.82 Å². The van der Waals surface area contributed by atoms with Gasteiger partial charge < -0.3 is 14.4 Å². The van der Waals surface area contributed by atoms with Gasteiger partial charge in [0.05, 0.1) is 18.0 Å². The van der Waals surface area contributed by atoms with Crippen LogP contribution in [0.3, 0.4) is 0 Å². The molecule has 0 aliphatic carbocycles. The maximum Gasteiger partial charge on any atom is 2.00 e. The molecule has 8 rings (SSSR count). The van der Waals surface area contributed by atoms with Gasteiger partial charge in [0, 0.05) is 17.3 Å². The molecule has 0 spiro atoms. The number of fused-ring (bicyclic) bond motifs is 4. The molecule has 4 nitrogen and oxygen atoms in total. The summed E-state index contributed by atoms with van der Waals surface area (Å²) in [5.41, 5.74) is 9.45. The average Bonchev–Trinajstić information content (AvgIpc) is 3.65. The largest absolute Gasteiger partial charge is 2.00 e. The van der Waals surface area contributed by atoms with E-state index < -0.39 is 0 Å². The maximum atomic E-state index is 4.91. The van der Waals surface area contributed by atoms with Crippen LogP contribution in [-0.2, 0) is 21.1 Å². The Kier molecular flexibility index (Phi) is 8.94. The number of nitrogens with zero attached hydrogens (tertiary/aromatic N) is 4. The standard InChI is InChI=1S/C43H38N4S.Pt/c1-29(2)34-15-6-7-16-35(34)30-23-24-44-42(25-30)47-38-18-9-8-17-36(38)37-22-21-33(27-41(37)47)48-32-14-12-13-31(26-32)45-28-46(43(3,4)5)40-20-11-10-19-39(40)45;/h6-25,29H,28H2,1-5H3;/q-2;+2.